The van der Waals surface area contributed by atoms with Gasteiger partial charge in [0.2, 0.25) is 5.76 Å². The van der Waals surface area contributed by atoms with Crippen LogP contribution in [-0.2, 0) is 46.7 Å². The molecule has 14 heavy (non-hydrogen) atoms. The fourth-order valence-electron chi connectivity index (χ4n) is 0.823. The molecular weight excluding hydrogens is 322 g/mol. The molecule has 2 atom stereocenters. The molecule has 4 N–H and O–H groups in total. The molecule has 0 aromatic rings. The number of aliphatic hydroxyl groups excluding tert-OH is 4. The number of carbonyl (C=O) groups excluding carboxylic acids is 1. The van der Waals surface area contributed by atoms with Gasteiger partial charge in [0.25, 0.3) is 0 Å². The van der Waals surface area contributed by atoms with Gasteiger partial charge in [0, 0.05) is 37.2 Å². The van der Waals surface area contributed by atoms with Crippen LogP contribution >= 0.6 is 0 Å². The Kier molecular flexibility index (Phi) is 7.46. The van der Waals surface area contributed by atoms with E-state index in [2.05, 4.69) is 4.74 Å². The van der Waals surface area contributed by atoms with Crippen molar-refractivity contribution < 1.29 is 67.1 Å². The first-order chi connectivity index (χ1) is 5.57. The van der Waals surface area contributed by atoms with Crippen molar-refractivity contribution in [3.8, 4) is 0 Å². The van der Waals surface area contributed by atoms with Crippen molar-refractivity contribution in [1.82, 2.24) is 0 Å². The van der Waals surface area contributed by atoms with Gasteiger partial charge in [0.1, 0.15) is 6.10 Å². The van der Waals surface area contributed by atoms with E-state index >= 15 is 0 Å². The molecule has 0 saturated carbocycles. The van der Waals surface area contributed by atoms with E-state index in [0.29, 0.717) is 0 Å². The average Bonchev–Trinajstić information content (AvgIpc) is 2.32. The molecule has 1 radical (unpaired) electrons. The Morgan fingerprint density at radius 1 is 1.43 bits per heavy atom. The van der Waals surface area contributed by atoms with E-state index in [1.54, 1.807) is 0 Å². The smallest absolute Gasteiger partial charge is 0.377 e. The minimum absolute atomic E-state index is 0. The topological polar surface area (TPSA) is 107 Å². The van der Waals surface area contributed by atoms with Crippen LogP contribution in [0.4, 0.5) is 0 Å². The molecule has 1 heterocycles. The second-order valence-electron chi connectivity index (χ2n) is 2.31. The summed E-state index contributed by atoms with van der Waals surface area (Å²) in [7, 11) is 0. The van der Waals surface area contributed by atoms with Gasteiger partial charge >= 0.3 is 5.97 Å². The van der Waals surface area contributed by atoms with Gasteiger partial charge in [-0.2, -0.15) is 0 Å². The summed E-state index contributed by atoms with van der Waals surface area (Å²) >= 11 is 0. The fourth-order valence-corrected chi connectivity index (χ4v) is 0.823. The van der Waals surface area contributed by atoms with Crippen molar-refractivity contribution in [3.63, 3.8) is 0 Å². The number of esters is 1. The summed E-state index contributed by atoms with van der Waals surface area (Å²) in [5.41, 5.74) is 0. The Labute approximate surface area is 103 Å². The second kappa shape index (κ2) is 6.40. The Hall–Kier alpha value is -0.101. The van der Waals surface area contributed by atoms with E-state index < -0.39 is 36.3 Å². The Bertz CT molecular complexity index is 242. The number of cyclic esters (lactones) is 1. The molecule has 83 valence electrons. The van der Waals surface area contributed by atoms with Crippen LogP contribution in [-0.4, -0.2) is 45.2 Å². The van der Waals surface area contributed by atoms with Gasteiger partial charge in [-0.25, -0.2) is 4.79 Å². The van der Waals surface area contributed by atoms with Crippen molar-refractivity contribution in [2.45, 2.75) is 12.2 Å². The first-order valence-electron chi connectivity index (χ1n) is 3.20. The van der Waals surface area contributed by atoms with Crippen LogP contribution in [0.1, 0.15) is 0 Å². The zero-order valence-electron chi connectivity index (χ0n) is 6.70. The number of ether oxygens (including phenoxy) is 1. The molecule has 0 unspecified atom stereocenters. The molecule has 0 aromatic carbocycles. The zero-order chi connectivity index (χ0) is 9.30. The van der Waals surface area contributed by atoms with E-state index in [9.17, 15) is 4.79 Å². The number of hydrogen-bond donors (Lipinski definition) is 4. The molecule has 0 saturated heterocycles. The first kappa shape index (κ1) is 16.3. The summed E-state index contributed by atoms with van der Waals surface area (Å²) in [5.74, 6) is -2.78. The van der Waals surface area contributed by atoms with Crippen LogP contribution in [0.3, 0.4) is 0 Å². The molecule has 1 aliphatic rings. The summed E-state index contributed by atoms with van der Waals surface area (Å²) in [5, 5.41) is 35.0. The molecule has 1 aliphatic heterocycles. The van der Waals surface area contributed by atoms with Crippen LogP contribution in [0.2, 0.25) is 0 Å². The van der Waals surface area contributed by atoms with Crippen molar-refractivity contribution in [2.75, 3.05) is 6.61 Å². The number of aliphatic hydroxyl groups is 4. The van der Waals surface area contributed by atoms with Gasteiger partial charge in [0.15, 0.2) is 11.9 Å². The van der Waals surface area contributed by atoms with Gasteiger partial charge in [-0.05, 0) is 0 Å². The summed E-state index contributed by atoms with van der Waals surface area (Å²) in [6.45, 7) is -0.671. The van der Waals surface area contributed by atoms with E-state index in [1.807, 2.05) is 0 Å². The van der Waals surface area contributed by atoms with Crippen molar-refractivity contribution in [3.05, 3.63) is 11.5 Å². The maximum absolute atomic E-state index is 10.5. The van der Waals surface area contributed by atoms with E-state index in [1.165, 1.54) is 0 Å². The normalized spacial score (nSPS) is 22.1. The molecule has 0 aromatic heterocycles. The summed E-state index contributed by atoms with van der Waals surface area (Å²) in [4.78, 5) is 10.5. The molecule has 0 aliphatic carbocycles. The average molecular weight is 330 g/mol. The van der Waals surface area contributed by atoms with Gasteiger partial charge < -0.3 is 25.2 Å². The molecule has 0 bridgehead atoms. The molecule has 0 amide bonds. The van der Waals surface area contributed by atoms with Gasteiger partial charge in [-0.15, -0.1) is 0 Å². The second-order valence-corrected chi connectivity index (χ2v) is 2.31. The quantitative estimate of drug-likeness (QED) is 0.366. The summed E-state index contributed by atoms with van der Waals surface area (Å²) in [6, 6.07) is 0. The zero-order valence-corrected chi connectivity index (χ0v) is 9.66. The summed E-state index contributed by atoms with van der Waals surface area (Å²) in [6.07, 6.45) is -2.78. The third kappa shape index (κ3) is 2.95. The van der Waals surface area contributed by atoms with Gasteiger partial charge in [-0.3, -0.25) is 0 Å². The summed E-state index contributed by atoms with van der Waals surface area (Å²) < 4.78 is 4.32. The molecule has 8 heteroatoms. The maximum Gasteiger partial charge on any atom is 0.377 e. The Balaban J connectivity index is 0. The van der Waals surface area contributed by atoms with Crippen LogP contribution < -0.4 is 0 Å². The SMILES string of the molecule is O=C1O[C@H]([C@@H](O)CO)C(O)=C1O.[Fe].[Tc]. The maximum atomic E-state index is 10.5. The van der Waals surface area contributed by atoms with Crippen molar-refractivity contribution in [2.24, 2.45) is 0 Å². The molecule has 0 fully saturated rings. The first-order valence-corrected chi connectivity index (χ1v) is 3.20. The third-order valence-corrected chi connectivity index (χ3v) is 1.48. The van der Waals surface area contributed by atoms with Gasteiger partial charge in [-0.1, -0.05) is 0 Å². The third-order valence-electron chi connectivity index (χ3n) is 1.48. The standard InChI is InChI=1S/C6H8O6.Fe.Tc/c7-1-2(8)5-3(9)4(10)6(11)12-5;;/h2,5,7-10H,1H2;;/t2-,5+;;/m0../s1. The predicted octanol–water partition coefficient (Wildman–Crippen LogP) is -1.41. The van der Waals surface area contributed by atoms with Gasteiger partial charge in [0.05, 0.1) is 6.61 Å². The number of carbonyl (C=O) groups is 1. The largest absolute Gasteiger partial charge is 0.505 e. The monoisotopic (exact) mass is 329 g/mol. The molecule has 1 rings (SSSR count). The van der Waals surface area contributed by atoms with Crippen LogP contribution in [0.5, 0.6) is 0 Å². The molecular formula is C6H8FeO6Tc. The minimum Gasteiger partial charge on any atom is -0.505 e. The van der Waals surface area contributed by atoms with Crippen LogP contribution in [0.25, 0.3) is 0 Å². The van der Waals surface area contributed by atoms with E-state index in [0.717, 1.165) is 0 Å². The minimum atomic E-state index is -1.42. The molecule has 0 spiro atoms. The fraction of sp³-hybridized carbons (Fsp3) is 0.500. The van der Waals surface area contributed by atoms with Crippen molar-refractivity contribution in [1.29, 1.82) is 0 Å². The van der Waals surface area contributed by atoms with Crippen LogP contribution in [0, 0.1) is 0 Å². The Morgan fingerprint density at radius 2 is 1.93 bits per heavy atom. The Morgan fingerprint density at radius 3 is 2.21 bits per heavy atom. The van der Waals surface area contributed by atoms with Crippen molar-refractivity contribution >= 4 is 5.97 Å². The van der Waals surface area contributed by atoms with E-state index in [-0.39, 0.29) is 37.2 Å². The van der Waals surface area contributed by atoms with E-state index in [4.69, 9.17) is 20.4 Å². The number of rotatable bonds is 2. The number of hydrogen-bond acceptors (Lipinski definition) is 6. The molecule has 6 nitrogen and oxygen atoms in total. The predicted molar refractivity (Wildman–Crippen MR) is 35.3 cm³/mol. The van der Waals surface area contributed by atoms with Crippen LogP contribution in [0.15, 0.2) is 11.5 Å².